The number of benzene rings is 1. The molecule has 1 N–H and O–H groups in total. The van der Waals surface area contributed by atoms with E-state index in [4.69, 9.17) is 4.74 Å². The van der Waals surface area contributed by atoms with Gasteiger partial charge in [-0.3, -0.25) is 0 Å². The lowest BCUT2D eigenvalue weighted by molar-refractivity contribution is 0.277. The standard InChI is InChI=1S/C14H21NO3S/c1-2-19(16,17)14-6-4-3-5-13(14)18-10-8-12-7-9-15-11-12/h3-6,12,15H,2,7-11H2,1H3. The van der Waals surface area contributed by atoms with E-state index in [2.05, 4.69) is 5.32 Å². The number of para-hydroxylation sites is 1. The Labute approximate surface area is 115 Å². The number of hydrogen-bond donors (Lipinski definition) is 1. The molecule has 1 aromatic carbocycles. The van der Waals surface area contributed by atoms with Crippen molar-refractivity contribution >= 4 is 9.84 Å². The van der Waals surface area contributed by atoms with E-state index in [-0.39, 0.29) is 5.75 Å². The second-order valence-electron chi connectivity index (χ2n) is 4.85. The summed E-state index contributed by atoms with van der Waals surface area (Å²) in [6.45, 7) is 4.34. The summed E-state index contributed by atoms with van der Waals surface area (Å²) in [5, 5.41) is 3.31. The van der Waals surface area contributed by atoms with E-state index in [1.807, 2.05) is 0 Å². The first-order valence-electron chi connectivity index (χ1n) is 6.79. The van der Waals surface area contributed by atoms with Gasteiger partial charge in [0.05, 0.1) is 12.4 Å². The number of hydrogen-bond acceptors (Lipinski definition) is 4. The first-order valence-corrected chi connectivity index (χ1v) is 8.44. The molecular weight excluding hydrogens is 262 g/mol. The highest BCUT2D eigenvalue weighted by molar-refractivity contribution is 7.91. The summed E-state index contributed by atoms with van der Waals surface area (Å²) < 4.78 is 29.6. The van der Waals surface area contributed by atoms with Crippen molar-refractivity contribution in [3.05, 3.63) is 24.3 Å². The van der Waals surface area contributed by atoms with Crippen LogP contribution in [0.5, 0.6) is 5.75 Å². The van der Waals surface area contributed by atoms with Crippen molar-refractivity contribution in [2.75, 3.05) is 25.4 Å². The van der Waals surface area contributed by atoms with Crippen molar-refractivity contribution in [2.24, 2.45) is 5.92 Å². The quantitative estimate of drug-likeness (QED) is 0.866. The summed E-state index contributed by atoms with van der Waals surface area (Å²) in [6.07, 6.45) is 2.14. The van der Waals surface area contributed by atoms with Gasteiger partial charge in [-0.15, -0.1) is 0 Å². The summed E-state index contributed by atoms with van der Waals surface area (Å²) in [5.41, 5.74) is 0. The van der Waals surface area contributed by atoms with Crippen molar-refractivity contribution in [1.29, 1.82) is 0 Å². The molecule has 1 saturated heterocycles. The van der Waals surface area contributed by atoms with Crippen molar-refractivity contribution in [2.45, 2.75) is 24.7 Å². The Kier molecular flexibility index (Phi) is 4.82. The lowest BCUT2D eigenvalue weighted by Crippen LogP contribution is -2.13. The van der Waals surface area contributed by atoms with Crippen LogP contribution in [0, 0.1) is 5.92 Å². The van der Waals surface area contributed by atoms with Crippen LogP contribution in [-0.2, 0) is 9.84 Å². The van der Waals surface area contributed by atoms with Gasteiger partial charge in [-0.25, -0.2) is 8.42 Å². The van der Waals surface area contributed by atoms with Crippen LogP contribution in [0.3, 0.4) is 0 Å². The minimum Gasteiger partial charge on any atom is -0.492 e. The molecule has 1 fully saturated rings. The molecular formula is C14H21NO3S. The highest BCUT2D eigenvalue weighted by atomic mass is 32.2. The fourth-order valence-corrected chi connectivity index (χ4v) is 3.31. The van der Waals surface area contributed by atoms with Gasteiger partial charge in [-0.1, -0.05) is 19.1 Å². The zero-order valence-corrected chi connectivity index (χ0v) is 12.1. The largest absolute Gasteiger partial charge is 0.492 e. The Bertz CT molecular complexity index is 507. The van der Waals surface area contributed by atoms with Gasteiger partial charge in [0.15, 0.2) is 9.84 Å². The van der Waals surface area contributed by atoms with Crippen molar-refractivity contribution in [1.82, 2.24) is 5.32 Å². The zero-order chi connectivity index (χ0) is 13.7. The van der Waals surface area contributed by atoms with Gasteiger partial charge < -0.3 is 10.1 Å². The average molecular weight is 283 g/mol. The second kappa shape index (κ2) is 6.39. The molecule has 4 nitrogen and oxygen atoms in total. The topological polar surface area (TPSA) is 55.4 Å². The summed E-state index contributed by atoms with van der Waals surface area (Å²) in [4.78, 5) is 0.307. The van der Waals surface area contributed by atoms with Gasteiger partial charge in [0.25, 0.3) is 0 Å². The van der Waals surface area contributed by atoms with E-state index in [1.54, 1.807) is 31.2 Å². The fraction of sp³-hybridized carbons (Fsp3) is 0.571. The predicted molar refractivity (Wildman–Crippen MR) is 75.3 cm³/mol. The summed E-state index contributed by atoms with van der Waals surface area (Å²) in [5.74, 6) is 1.23. The molecule has 0 aliphatic carbocycles. The molecule has 5 heteroatoms. The molecule has 1 aromatic rings. The van der Waals surface area contributed by atoms with Crippen molar-refractivity contribution in [3.63, 3.8) is 0 Å². The molecule has 19 heavy (non-hydrogen) atoms. The van der Waals surface area contributed by atoms with Gasteiger partial charge in [-0.2, -0.15) is 0 Å². The third-order valence-electron chi connectivity index (χ3n) is 3.51. The Hall–Kier alpha value is -1.07. The number of sulfone groups is 1. The minimum absolute atomic E-state index is 0.0971. The van der Waals surface area contributed by atoms with Gasteiger partial charge in [-0.05, 0) is 44.0 Å². The number of ether oxygens (including phenoxy) is 1. The molecule has 2 rings (SSSR count). The van der Waals surface area contributed by atoms with E-state index < -0.39 is 9.84 Å². The smallest absolute Gasteiger partial charge is 0.181 e. The van der Waals surface area contributed by atoms with Crippen LogP contribution >= 0.6 is 0 Å². The molecule has 106 valence electrons. The molecule has 1 heterocycles. The van der Waals surface area contributed by atoms with E-state index in [0.717, 1.165) is 19.5 Å². The highest BCUT2D eigenvalue weighted by Crippen LogP contribution is 2.25. The summed E-state index contributed by atoms with van der Waals surface area (Å²) >= 11 is 0. The normalized spacial score (nSPS) is 19.5. The summed E-state index contributed by atoms with van der Waals surface area (Å²) in [6, 6.07) is 6.89. The maximum Gasteiger partial charge on any atom is 0.181 e. The van der Waals surface area contributed by atoms with Crippen LogP contribution in [0.15, 0.2) is 29.2 Å². The molecule has 0 spiro atoms. The molecule has 0 aromatic heterocycles. The van der Waals surface area contributed by atoms with Crippen molar-refractivity contribution < 1.29 is 13.2 Å². The fourth-order valence-electron chi connectivity index (χ4n) is 2.28. The highest BCUT2D eigenvalue weighted by Gasteiger charge is 2.18. The monoisotopic (exact) mass is 283 g/mol. The molecule has 0 radical (unpaired) electrons. The van der Waals surface area contributed by atoms with Gasteiger partial charge in [0.1, 0.15) is 10.6 Å². The molecule has 1 aliphatic rings. The Morgan fingerprint density at radius 3 is 2.84 bits per heavy atom. The number of nitrogens with one attached hydrogen (secondary N) is 1. The third-order valence-corrected chi connectivity index (χ3v) is 5.28. The van der Waals surface area contributed by atoms with Crippen molar-refractivity contribution in [3.8, 4) is 5.75 Å². The minimum atomic E-state index is -3.22. The van der Waals surface area contributed by atoms with E-state index in [9.17, 15) is 8.42 Å². The molecule has 0 bridgehead atoms. The third kappa shape index (κ3) is 3.70. The van der Waals surface area contributed by atoms with Crippen LogP contribution in [0.4, 0.5) is 0 Å². The van der Waals surface area contributed by atoms with Gasteiger partial charge >= 0.3 is 0 Å². The molecule has 0 amide bonds. The predicted octanol–water partition coefficient (Wildman–Crippen LogP) is 1.86. The average Bonchev–Trinajstić information content (AvgIpc) is 2.92. The maximum atomic E-state index is 12.0. The lowest BCUT2D eigenvalue weighted by Gasteiger charge is -2.13. The molecule has 1 aliphatic heterocycles. The molecule has 0 saturated carbocycles. The Morgan fingerprint density at radius 1 is 1.37 bits per heavy atom. The van der Waals surface area contributed by atoms with Crippen LogP contribution in [0.25, 0.3) is 0 Å². The van der Waals surface area contributed by atoms with Crippen LogP contribution in [-0.4, -0.2) is 33.9 Å². The van der Waals surface area contributed by atoms with E-state index in [0.29, 0.717) is 23.2 Å². The SMILES string of the molecule is CCS(=O)(=O)c1ccccc1OCCC1CCNC1. The molecule has 1 atom stereocenters. The van der Waals surface area contributed by atoms with E-state index >= 15 is 0 Å². The Morgan fingerprint density at radius 2 is 2.16 bits per heavy atom. The Balaban J connectivity index is 1.99. The van der Waals surface area contributed by atoms with Gasteiger partial charge in [0.2, 0.25) is 0 Å². The number of rotatable bonds is 6. The zero-order valence-electron chi connectivity index (χ0n) is 11.3. The van der Waals surface area contributed by atoms with Crippen LogP contribution in [0.1, 0.15) is 19.8 Å². The van der Waals surface area contributed by atoms with E-state index in [1.165, 1.54) is 6.42 Å². The van der Waals surface area contributed by atoms with Crippen LogP contribution < -0.4 is 10.1 Å². The first kappa shape index (κ1) is 14.3. The second-order valence-corrected chi connectivity index (χ2v) is 7.09. The summed E-state index contributed by atoms with van der Waals surface area (Å²) in [7, 11) is -3.22. The lowest BCUT2D eigenvalue weighted by atomic mass is 10.1. The van der Waals surface area contributed by atoms with Gasteiger partial charge in [0, 0.05) is 0 Å². The van der Waals surface area contributed by atoms with Crippen LogP contribution in [0.2, 0.25) is 0 Å². The molecule has 1 unspecified atom stereocenters. The first-order chi connectivity index (χ1) is 9.13. The maximum absolute atomic E-state index is 12.0.